The normalized spacial score (nSPS) is 10.4. The van der Waals surface area contributed by atoms with Crippen LogP contribution in [0.2, 0.25) is 0 Å². The molecule has 0 aliphatic heterocycles. The summed E-state index contributed by atoms with van der Waals surface area (Å²) in [5.41, 5.74) is -0.697. The Balaban J connectivity index is 3.26. The highest BCUT2D eigenvalue weighted by atomic mass is 35.5. The number of halogens is 4. The summed E-state index contributed by atoms with van der Waals surface area (Å²) in [6.45, 7) is 0. The molecule has 0 unspecified atom stereocenters. The summed E-state index contributed by atoms with van der Waals surface area (Å²) in [5.74, 6) is -1.04. The van der Waals surface area contributed by atoms with Gasteiger partial charge in [-0.15, -0.1) is 11.6 Å². The van der Waals surface area contributed by atoms with Crippen LogP contribution in [0, 0.1) is 17.1 Å². The van der Waals surface area contributed by atoms with Crippen LogP contribution in [0.15, 0.2) is 6.07 Å². The van der Waals surface area contributed by atoms with Crippen molar-refractivity contribution >= 4 is 11.6 Å². The highest BCUT2D eigenvalue weighted by Gasteiger charge is 2.16. The second-order valence-electron chi connectivity index (χ2n) is 2.72. The average Bonchev–Trinajstić information content (AvgIpc) is 2.17. The predicted molar refractivity (Wildman–Crippen MR) is 48.0 cm³/mol. The zero-order valence-electron chi connectivity index (χ0n) is 7.48. The van der Waals surface area contributed by atoms with Crippen LogP contribution in [0.3, 0.4) is 0 Å². The lowest BCUT2D eigenvalue weighted by atomic mass is 10.1. The molecule has 0 aliphatic rings. The van der Waals surface area contributed by atoms with Crippen molar-refractivity contribution in [1.82, 2.24) is 4.98 Å². The summed E-state index contributed by atoms with van der Waals surface area (Å²) < 4.78 is 37.7. The maximum absolute atomic E-state index is 13.2. The SMILES string of the molecule is N#CCc1nc(C(F)F)cc(F)c1CCl. The first kappa shape index (κ1) is 11.8. The van der Waals surface area contributed by atoms with Crippen LogP contribution < -0.4 is 0 Å². The van der Waals surface area contributed by atoms with E-state index >= 15 is 0 Å². The van der Waals surface area contributed by atoms with Crippen molar-refractivity contribution < 1.29 is 13.2 Å². The molecule has 1 rings (SSSR count). The molecule has 0 saturated heterocycles. The van der Waals surface area contributed by atoms with Gasteiger partial charge >= 0.3 is 0 Å². The van der Waals surface area contributed by atoms with Crippen molar-refractivity contribution in [2.24, 2.45) is 0 Å². The van der Waals surface area contributed by atoms with Crippen LogP contribution >= 0.6 is 11.6 Å². The molecule has 0 aromatic carbocycles. The summed E-state index contributed by atoms with van der Waals surface area (Å²) in [7, 11) is 0. The third-order valence-electron chi connectivity index (χ3n) is 1.78. The Morgan fingerprint density at radius 1 is 1.53 bits per heavy atom. The maximum atomic E-state index is 13.2. The van der Waals surface area contributed by atoms with Crippen LogP contribution in [-0.2, 0) is 12.3 Å². The van der Waals surface area contributed by atoms with E-state index in [1.54, 1.807) is 6.07 Å². The Bertz CT molecular complexity index is 401. The summed E-state index contributed by atoms with van der Waals surface area (Å²) in [4.78, 5) is 3.50. The summed E-state index contributed by atoms with van der Waals surface area (Å²) in [5, 5.41) is 8.42. The molecule has 1 aromatic rings. The van der Waals surface area contributed by atoms with Gasteiger partial charge in [-0.3, -0.25) is 4.98 Å². The highest BCUT2D eigenvalue weighted by molar-refractivity contribution is 6.17. The van der Waals surface area contributed by atoms with E-state index in [4.69, 9.17) is 16.9 Å². The van der Waals surface area contributed by atoms with E-state index < -0.39 is 17.9 Å². The van der Waals surface area contributed by atoms with E-state index in [0.717, 1.165) is 0 Å². The Morgan fingerprint density at radius 3 is 2.67 bits per heavy atom. The van der Waals surface area contributed by atoms with Gasteiger partial charge in [0.15, 0.2) is 0 Å². The minimum Gasteiger partial charge on any atom is -0.250 e. The predicted octanol–water partition coefficient (Wildman–Crippen LogP) is 2.96. The van der Waals surface area contributed by atoms with E-state index in [2.05, 4.69) is 4.98 Å². The number of hydrogen-bond donors (Lipinski definition) is 0. The zero-order valence-corrected chi connectivity index (χ0v) is 8.23. The number of pyridine rings is 1. The molecule has 0 fully saturated rings. The third kappa shape index (κ3) is 2.60. The molecule has 1 aromatic heterocycles. The van der Waals surface area contributed by atoms with Gasteiger partial charge in [-0.1, -0.05) is 0 Å². The van der Waals surface area contributed by atoms with Crippen molar-refractivity contribution in [2.45, 2.75) is 18.7 Å². The second-order valence-corrected chi connectivity index (χ2v) is 2.99. The van der Waals surface area contributed by atoms with E-state index in [1.165, 1.54) is 0 Å². The first-order valence-corrected chi connectivity index (χ1v) is 4.52. The van der Waals surface area contributed by atoms with Crippen LogP contribution in [-0.4, -0.2) is 4.98 Å². The van der Waals surface area contributed by atoms with Crippen LogP contribution in [0.4, 0.5) is 13.2 Å². The molecule has 80 valence electrons. The minimum atomic E-state index is -2.86. The van der Waals surface area contributed by atoms with Gasteiger partial charge in [0.2, 0.25) is 0 Å². The van der Waals surface area contributed by atoms with Crippen LogP contribution in [0.25, 0.3) is 0 Å². The average molecular weight is 235 g/mol. The Kier molecular flexibility index (Phi) is 3.92. The fraction of sp³-hybridized carbons (Fsp3) is 0.333. The monoisotopic (exact) mass is 234 g/mol. The van der Waals surface area contributed by atoms with Crippen molar-refractivity contribution in [1.29, 1.82) is 5.26 Å². The molecule has 0 radical (unpaired) electrons. The van der Waals surface area contributed by atoms with Crippen LogP contribution in [0.1, 0.15) is 23.4 Å². The Morgan fingerprint density at radius 2 is 2.20 bits per heavy atom. The standard InChI is InChI=1S/C9H6ClF3N2/c10-4-5-6(11)3-8(9(12)13)15-7(5)1-2-14/h3,9H,1,4H2. The summed E-state index contributed by atoms with van der Waals surface area (Å²) in [6, 6.07) is 2.36. The molecule has 15 heavy (non-hydrogen) atoms. The van der Waals surface area contributed by atoms with Crippen molar-refractivity contribution in [3.8, 4) is 6.07 Å². The molecular formula is C9H6ClF3N2. The second kappa shape index (κ2) is 4.99. The first-order chi connectivity index (χ1) is 7.10. The molecule has 0 aliphatic carbocycles. The number of hydrogen-bond acceptors (Lipinski definition) is 2. The fourth-order valence-electron chi connectivity index (χ4n) is 1.08. The molecule has 1 heterocycles. The molecule has 0 spiro atoms. The molecule has 0 atom stereocenters. The van der Waals surface area contributed by atoms with E-state index in [1.807, 2.05) is 0 Å². The van der Waals surface area contributed by atoms with E-state index in [-0.39, 0.29) is 23.6 Å². The largest absolute Gasteiger partial charge is 0.280 e. The van der Waals surface area contributed by atoms with Gasteiger partial charge in [0.1, 0.15) is 11.5 Å². The minimum absolute atomic E-state index is 0.00242. The van der Waals surface area contributed by atoms with E-state index in [0.29, 0.717) is 6.07 Å². The first-order valence-electron chi connectivity index (χ1n) is 3.99. The summed E-state index contributed by atoms with van der Waals surface area (Å²) >= 11 is 5.43. The van der Waals surface area contributed by atoms with Gasteiger partial charge in [-0.25, -0.2) is 13.2 Å². The van der Waals surface area contributed by atoms with Crippen molar-refractivity contribution in [3.05, 3.63) is 28.8 Å². The molecule has 2 nitrogen and oxygen atoms in total. The number of alkyl halides is 3. The van der Waals surface area contributed by atoms with Crippen molar-refractivity contribution in [3.63, 3.8) is 0 Å². The quantitative estimate of drug-likeness (QED) is 0.754. The fourth-order valence-corrected chi connectivity index (χ4v) is 1.37. The smallest absolute Gasteiger partial charge is 0.250 e. The summed E-state index contributed by atoms with van der Waals surface area (Å²) in [6.07, 6.45) is -3.10. The lowest BCUT2D eigenvalue weighted by Gasteiger charge is -2.07. The van der Waals surface area contributed by atoms with Crippen molar-refractivity contribution in [2.75, 3.05) is 0 Å². The van der Waals surface area contributed by atoms with Gasteiger partial charge < -0.3 is 0 Å². The van der Waals surface area contributed by atoms with Gasteiger partial charge in [-0.05, 0) is 0 Å². The maximum Gasteiger partial charge on any atom is 0.280 e. The lowest BCUT2D eigenvalue weighted by molar-refractivity contribution is 0.145. The van der Waals surface area contributed by atoms with Gasteiger partial charge in [0, 0.05) is 11.6 Å². The van der Waals surface area contributed by atoms with Gasteiger partial charge in [0.05, 0.1) is 24.1 Å². The number of nitriles is 1. The molecule has 6 heteroatoms. The number of rotatable bonds is 3. The molecule has 0 bridgehead atoms. The Labute approximate surface area is 89.3 Å². The molecule has 0 amide bonds. The van der Waals surface area contributed by atoms with Gasteiger partial charge in [-0.2, -0.15) is 5.26 Å². The van der Waals surface area contributed by atoms with E-state index in [9.17, 15) is 13.2 Å². The Hall–Kier alpha value is -1.28. The van der Waals surface area contributed by atoms with Crippen LogP contribution in [0.5, 0.6) is 0 Å². The molecule has 0 saturated carbocycles. The third-order valence-corrected chi connectivity index (χ3v) is 2.05. The number of aromatic nitrogens is 1. The zero-order chi connectivity index (χ0) is 11.4. The highest BCUT2D eigenvalue weighted by Crippen LogP contribution is 2.22. The van der Waals surface area contributed by atoms with Gasteiger partial charge in [0.25, 0.3) is 6.43 Å². The number of nitrogens with zero attached hydrogens (tertiary/aromatic N) is 2. The molecule has 0 N–H and O–H groups in total. The molecular weight excluding hydrogens is 229 g/mol. The topological polar surface area (TPSA) is 36.7 Å². The lowest BCUT2D eigenvalue weighted by Crippen LogP contribution is -2.03.